The lowest BCUT2D eigenvalue weighted by Gasteiger charge is -1.96. The number of carbonyl (C=O) groups is 1. The van der Waals surface area contributed by atoms with Crippen molar-refractivity contribution in [3.63, 3.8) is 0 Å². The first kappa shape index (κ1) is 11.6. The van der Waals surface area contributed by atoms with E-state index in [1.807, 2.05) is 6.92 Å². The summed E-state index contributed by atoms with van der Waals surface area (Å²) >= 11 is 0. The Morgan fingerprint density at radius 1 is 1.46 bits per heavy atom. The lowest BCUT2D eigenvalue weighted by molar-refractivity contribution is -0.118. The Balaban J connectivity index is 4.24. The van der Waals surface area contributed by atoms with E-state index in [0.717, 1.165) is 5.57 Å². The second-order valence-corrected chi connectivity index (χ2v) is 2.51. The average molecular weight is 177 g/mol. The van der Waals surface area contributed by atoms with Crippen molar-refractivity contribution in [3.05, 3.63) is 37.1 Å². The van der Waals surface area contributed by atoms with Crippen LogP contribution >= 0.6 is 0 Å². The van der Waals surface area contributed by atoms with E-state index in [1.165, 1.54) is 0 Å². The zero-order chi connectivity index (χ0) is 10.1. The fraction of sp³-hybridized carbons (Fsp3) is 0.273. The normalized spacial score (nSPS) is 11.6. The second-order valence-electron chi connectivity index (χ2n) is 2.51. The van der Waals surface area contributed by atoms with Crippen LogP contribution in [0, 0.1) is 0 Å². The molecule has 0 aliphatic carbocycles. The van der Waals surface area contributed by atoms with Crippen molar-refractivity contribution in [1.82, 2.24) is 0 Å². The van der Waals surface area contributed by atoms with Crippen LogP contribution in [0.5, 0.6) is 0 Å². The Morgan fingerprint density at radius 2 is 2.15 bits per heavy atom. The van der Waals surface area contributed by atoms with Crippen molar-refractivity contribution < 1.29 is 4.79 Å². The van der Waals surface area contributed by atoms with Crippen LogP contribution in [0.3, 0.4) is 0 Å². The minimum absolute atomic E-state index is 0.194. The zero-order valence-electron chi connectivity index (χ0n) is 7.99. The lowest BCUT2D eigenvalue weighted by Crippen LogP contribution is -1.95. The maximum absolute atomic E-state index is 11.1. The second kappa shape index (κ2) is 7.22. The predicted octanol–water partition coefficient (Wildman–Crippen LogP) is 2.68. The highest BCUT2D eigenvalue weighted by Gasteiger charge is 1.99. The molecule has 0 N–H and O–H groups in total. The summed E-state index contributed by atoms with van der Waals surface area (Å²) < 4.78 is 0. The topological polar surface area (TPSA) is 29.4 Å². The van der Waals surface area contributed by atoms with Crippen molar-refractivity contribution in [2.75, 3.05) is 0 Å². The molecule has 0 spiro atoms. The van der Waals surface area contributed by atoms with Gasteiger partial charge in [0.25, 0.3) is 0 Å². The van der Waals surface area contributed by atoms with Gasteiger partial charge >= 0.3 is 0 Å². The number of Topliss-reactive ketones (excluding diaryl/α,β-unsaturated/α-hetero) is 1. The first-order valence-electron chi connectivity index (χ1n) is 4.22. The molecule has 13 heavy (non-hydrogen) atoms. The van der Waals surface area contributed by atoms with Gasteiger partial charge in [0.2, 0.25) is 0 Å². The molecule has 0 aromatic rings. The van der Waals surface area contributed by atoms with E-state index in [4.69, 9.17) is 0 Å². The monoisotopic (exact) mass is 177 g/mol. The van der Waals surface area contributed by atoms with Crippen molar-refractivity contribution in [2.24, 2.45) is 4.99 Å². The van der Waals surface area contributed by atoms with E-state index >= 15 is 0 Å². The Kier molecular flexibility index (Phi) is 6.42. The van der Waals surface area contributed by atoms with Crippen molar-refractivity contribution in [3.8, 4) is 0 Å². The molecule has 0 saturated heterocycles. The van der Waals surface area contributed by atoms with Gasteiger partial charge in [-0.1, -0.05) is 32.2 Å². The number of ketones is 1. The minimum Gasteiger partial charge on any atom is -0.299 e. The Hall–Kier alpha value is -1.44. The van der Waals surface area contributed by atoms with Crippen LogP contribution in [-0.4, -0.2) is 12.0 Å². The van der Waals surface area contributed by atoms with Crippen molar-refractivity contribution in [2.45, 2.75) is 19.8 Å². The molecular formula is C11H15NO. The third kappa shape index (κ3) is 5.79. The quantitative estimate of drug-likeness (QED) is 0.453. The van der Waals surface area contributed by atoms with Gasteiger partial charge in [0.15, 0.2) is 0 Å². The molecule has 0 bridgehead atoms. The third-order valence-corrected chi connectivity index (χ3v) is 1.49. The Labute approximate surface area is 79.4 Å². The first-order valence-corrected chi connectivity index (χ1v) is 4.22. The lowest BCUT2D eigenvalue weighted by atomic mass is 10.1. The molecule has 0 aromatic carbocycles. The molecule has 0 amide bonds. The summed E-state index contributed by atoms with van der Waals surface area (Å²) in [5.41, 5.74) is 0.838. The average Bonchev–Trinajstić information content (AvgIpc) is 2.16. The zero-order valence-corrected chi connectivity index (χ0v) is 7.99. The predicted molar refractivity (Wildman–Crippen MR) is 56.9 cm³/mol. The number of rotatable bonds is 6. The number of carbonyl (C=O) groups excluding carboxylic acids is 1. The third-order valence-electron chi connectivity index (χ3n) is 1.49. The van der Waals surface area contributed by atoms with E-state index < -0.39 is 0 Å². The summed E-state index contributed by atoms with van der Waals surface area (Å²) in [6.07, 6.45) is 7.39. The number of nitrogens with zero attached hydrogens (tertiary/aromatic N) is 1. The molecule has 0 aromatic heterocycles. The molecular weight excluding hydrogens is 162 g/mol. The molecule has 70 valence electrons. The van der Waals surface area contributed by atoms with E-state index in [2.05, 4.69) is 18.2 Å². The van der Waals surface area contributed by atoms with Crippen LogP contribution < -0.4 is 0 Å². The molecule has 0 rings (SSSR count). The van der Waals surface area contributed by atoms with Crippen LogP contribution in [0.4, 0.5) is 0 Å². The molecule has 2 heteroatoms. The van der Waals surface area contributed by atoms with Gasteiger partial charge in [-0.2, -0.15) is 0 Å². The highest BCUT2D eigenvalue weighted by Crippen LogP contribution is 2.04. The maximum Gasteiger partial charge on any atom is 0.137 e. The van der Waals surface area contributed by atoms with Crippen LogP contribution in [0.1, 0.15) is 19.8 Å². The van der Waals surface area contributed by atoms with Crippen molar-refractivity contribution >= 4 is 12.0 Å². The van der Waals surface area contributed by atoms with E-state index in [9.17, 15) is 4.79 Å². The van der Waals surface area contributed by atoms with Crippen LogP contribution in [0.15, 0.2) is 42.1 Å². The molecule has 0 radical (unpaired) electrons. The molecule has 0 unspecified atom stereocenters. The van der Waals surface area contributed by atoms with Gasteiger partial charge in [0.1, 0.15) is 5.78 Å². The van der Waals surface area contributed by atoms with Gasteiger partial charge in [-0.25, -0.2) is 0 Å². The molecule has 0 aliphatic heterocycles. The summed E-state index contributed by atoms with van der Waals surface area (Å²) in [5.74, 6) is 0.194. The van der Waals surface area contributed by atoms with Crippen LogP contribution in [-0.2, 0) is 4.79 Å². The molecule has 0 fully saturated rings. The highest BCUT2D eigenvalue weighted by atomic mass is 16.1. The molecule has 0 aliphatic rings. The number of hydrogen-bond donors (Lipinski definition) is 0. The smallest absolute Gasteiger partial charge is 0.137 e. The highest BCUT2D eigenvalue weighted by molar-refractivity contribution is 5.81. The van der Waals surface area contributed by atoms with Crippen molar-refractivity contribution in [1.29, 1.82) is 0 Å². The van der Waals surface area contributed by atoms with Crippen LogP contribution in [0.25, 0.3) is 0 Å². The summed E-state index contributed by atoms with van der Waals surface area (Å²) in [5, 5.41) is 0. The van der Waals surface area contributed by atoms with Crippen LogP contribution in [0.2, 0.25) is 0 Å². The van der Waals surface area contributed by atoms with Gasteiger partial charge in [0.05, 0.1) is 0 Å². The first-order chi connectivity index (χ1) is 6.24. The summed E-state index contributed by atoms with van der Waals surface area (Å²) in [7, 11) is 0. The largest absolute Gasteiger partial charge is 0.299 e. The van der Waals surface area contributed by atoms with E-state index in [0.29, 0.717) is 12.8 Å². The summed E-state index contributed by atoms with van der Waals surface area (Å²) in [6.45, 7) is 8.94. The van der Waals surface area contributed by atoms with Gasteiger partial charge in [-0.3, -0.25) is 9.79 Å². The fourth-order valence-corrected chi connectivity index (χ4v) is 0.723. The standard InChI is InChI=1S/C11H15NO/c1-4-7-12-9-10(5-2)8-11(13)6-3/h4-5,7,9H,1-2,6,8H2,3H3/b10-9+,12-7?. The Bertz CT molecular complexity index is 249. The van der Waals surface area contributed by atoms with Gasteiger partial charge in [-0.15, -0.1) is 0 Å². The molecule has 0 saturated carbocycles. The number of aliphatic imine (C=N–C) groups is 1. The summed E-state index contributed by atoms with van der Waals surface area (Å²) in [4.78, 5) is 15.0. The number of allylic oxidation sites excluding steroid dienone is 3. The van der Waals surface area contributed by atoms with Gasteiger partial charge < -0.3 is 0 Å². The van der Waals surface area contributed by atoms with Gasteiger partial charge in [0, 0.05) is 25.3 Å². The molecule has 0 heterocycles. The summed E-state index contributed by atoms with van der Waals surface area (Å²) in [6, 6.07) is 0. The Morgan fingerprint density at radius 3 is 2.62 bits per heavy atom. The fourth-order valence-electron chi connectivity index (χ4n) is 0.723. The minimum atomic E-state index is 0.194. The van der Waals surface area contributed by atoms with Gasteiger partial charge in [-0.05, 0) is 5.57 Å². The maximum atomic E-state index is 11.1. The van der Waals surface area contributed by atoms with E-state index in [1.54, 1.807) is 24.6 Å². The molecule has 0 atom stereocenters. The number of hydrogen-bond acceptors (Lipinski definition) is 2. The SMILES string of the molecule is C=CC=N/C=C(\C=C)CC(=O)CC. The molecule has 2 nitrogen and oxygen atoms in total. The van der Waals surface area contributed by atoms with E-state index in [-0.39, 0.29) is 5.78 Å².